The number of rotatable bonds is 5. The van der Waals surface area contributed by atoms with E-state index >= 15 is 0 Å². The summed E-state index contributed by atoms with van der Waals surface area (Å²) in [4.78, 5) is 35.8. The number of urea groups is 1. The first-order chi connectivity index (χ1) is 13.1. The number of ether oxygens (including phenoxy) is 2. The second-order valence-corrected chi connectivity index (χ2v) is 6.42. The van der Waals surface area contributed by atoms with E-state index in [9.17, 15) is 27.6 Å². The van der Waals surface area contributed by atoms with E-state index in [2.05, 4.69) is 15.4 Å². The lowest BCUT2D eigenvalue weighted by Gasteiger charge is -2.23. The van der Waals surface area contributed by atoms with Gasteiger partial charge in [0.15, 0.2) is 6.10 Å². The molecule has 0 unspecified atom stereocenters. The second kappa shape index (κ2) is 9.43. The standard InChI is InChI=1S/C18H21F3N2O5/c1-11(15(24)23-17(26)22-13-5-3-2-4-6-13)27-16(25)12-7-9-14(10-8-12)28-18(19,20)21/h7-11,13H,2-6H2,1H3,(H2,22,23,24,26)/t11-/m0/s1. The summed E-state index contributed by atoms with van der Waals surface area (Å²) < 4.78 is 45.0. The molecule has 2 N–H and O–H groups in total. The Balaban J connectivity index is 1.81. The van der Waals surface area contributed by atoms with Crippen molar-refractivity contribution in [2.24, 2.45) is 0 Å². The van der Waals surface area contributed by atoms with Crippen LogP contribution >= 0.6 is 0 Å². The zero-order chi connectivity index (χ0) is 20.7. The molecular weight excluding hydrogens is 381 g/mol. The van der Waals surface area contributed by atoms with Crippen molar-refractivity contribution in [2.75, 3.05) is 0 Å². The molecule has 10 heteroatoms. The molecule has 0 aliphatic heterocycles. The molecule has 0 bridgehead atoms. The average molecular weight is 402 g/mol. The Kier molecular flexibility index (Phi) is 7.24. The quantitative estimate of drug-likeness (QED) is 0.738. The summed E-state index contributed by atoms with van der Waals surface area (Å²) in [6, 6.07) is 3.40. The van der Waals surface area contributed by atoms with Crippen molar-refractivity contribution in [1.29, 1.82) is 0 Å². The van der Waals surface area contributed by atoms with Crippen LogP contribution in [-0.4, -0.2) is 36.4 Å². The van der Waals surface area contributed by atoms with Gasteiger partial charge in [-0.1, -0.05) is 19.3 Å². The molecule has 1 aliphatic rings. The number of esters is 1. The first kappa shape index (κ1) is 21.5. The lowest BCUT2D eigenvalue weighted by atomic mass is 9.96. The Morgan fingerprint density at radius 2 is 1.68 bits per heavy atom. The molecule has 1 aromatic carbocycles. The van der Waals surface area contributed by atoms with E-state index in [1.807, 2.05) is 0 Å². The summed E-state index contributed by atoms with van der Waals surface area (Å²) in [5.41, 5.74) is -0.0687. The maximum absolute atomic E-state index is 12.1. The lowest BCUT2D eigenvalue weighted by molar-refractivity contribution is -0.274. The molecular formula is C18H21F3N2O5. The second-order valence-electron chi connectivity index (χ2n) is 6.42. The van der Waals surface area contributed by atoms with Crippen LogP contribution in [-0.2, 0) is 9.53 Å². The molecule has 0 radical (unpaired) electrons. The zero-order valence-electron chi connectivity index (χ0n) is 15.2. The zero-order valence-corrected chi connectivity index (χ0v) is 15.2. The third kappa shape index (κ3) is 7.09. The maximum Gasteiger partial charge on any atom is 0.573 e. The molecule has 0 heterocycles. The van der Waals surface area contributed by atoms with Gasteiger partial charge in [0.05, 0.1) is 5.56 Å². The fourth-order valence-electron chi connectivity index (χ4n) is 2.76. The molecule has 2 rings (SSSR count). The Morgan fingerprint density at radius 1 is 1.07 bits per heavy atom. The molecule has 0 saturated heterocycles. The number of alkyl halides is 3. The predicted molar refractivity (Wildman–Crippen MR) is 91.5 cm³/mol. The van der Waals surface area contributed by atoms with Gasteiger partial charge in [-0.15, -0.1) is 13.2 Å². The number of hydrogen-bond donors (Lipinski definition) is 2. The Hall–Kier alpha value is -2.78. The van der Waals surface area contributed by atoms with Crippen molar-refractivity contribution in [1.82, 2.24) is 10.6 Å². The molecule has 1 fully saturated rings. The van der Waals surface area contributed by atoms with Crippen LogP contribution in [0.3, 0.4) is 0 Å². The Morgan fingerprint density at radius 3 is 2.25 bits per heavy atom. The van der Waals surface area contributed by atoms with E-state index in [0.717, 1.165) is 56.4 Å². The fourth-order valence-corrected chi connectivity index (χ4v) is 2.76. The first-order valence-electron chi connectivity index (χ1n) is 8.82. The van der Waals surface area contributed by atoms with Crippen LogP contribution in [0.25, 0.3) is 0 Å². The maximum atomic E-state index is 12.1. The van der Waals surface area contributed by atoms with Gasteiger partial charge in [0.2, 0.25) is 0 Å². The average Bonchev–Trinajstić information content (AvgIpc) is 2.61. The van der Waals surface area contributed by atoms with E-state index in [1.54, 1.807) is 0 Å². The van der Waals surface area contributed by atoms with Crippen molar-refractivity contribution >= 4 is 17.9 Å². The molecule has 1 aromatic rings. The monoisotopic (exact) mass is 402 g/mol. The van der Waals surface area contributed by atoms with E-state index in [0.29, 0.717) is 0 Å². The number of imide groups is 1. The highest BCUT2D eigenvalue weighted by Crippen LogP contribution is 2.23. The number of hydrogen-bond acceptors (Lipinski definition) is 5. The van der Waals surface area contributed by atoms with Crippen molar-refractivity contribution in [3.63, 3.8) is 0 Å². The Bertz CT molecular complexity index is 700. The van der Waals surface area contributed by atoms with Gasteiger partial charge >= 0.3 is 18.4 Å². The van der Waals surface area contributed by atoms with Gasteiger partial charge in [0.25, 0.3) is 5.91 Å². The number of carbonyl (C=O) groups is 3. The summed E-state index contributed by atoms with van der Waals surface area (Å²) >= 11 is 0. The molecule has 0 aromatic heterocycles. The highest BCUT2D eigenvalue weighted by atomic mass is 19.4. The third-order valence-corrected chi connectivity index (χ3v) is 4.15. The summed E-state index contributed by atoms with van der Waals surface area (Å²) in [5.74, 6) is -2.22. The SMILES string of the molecule is C[C@H](OC(=O)c1ccc(OC(F)(F)F)cc1)C(=O)NC(=O)NC1CCCCC1. The minimum atomic E-state index is -4.84. The van der Waals surface area contributed by atoms with Gasteiger partial charge in [0, 0.05) is 6.04 Å². The first-order valence-corrected chi connectivity index (χ1v) is 8.82. The smallest absolute Gasteiger partial charge is 0.449 e. The predicted octanol–water partition coefficient (Wildman–Crippen LogP) is 3.29. The van der Waals surface area contributed by atoms with Crippen molar-refractivity contribution in [3.05, 3.63) is 29.8 Å². The molecule has 28 heavy (non-hydrogen) atoms. The van der Waals surface area contributed by atoms with Crippen molar-refractivity contribution in [3.8, 4) is 5.75 Å². The summed E-state index contributed by atoms with van der Waals surface area (Å²) in [6.07, 6.45) is -1.27. The number of nitrogens with one attached hydrogen (secondary N) is 2. The molecule has 154 valence electrons. The van der Waals surface area contributed by atoms with Crippen LogP contribution < -0.4 is 15.4 Å². The van der Waals surface area contributed by atoms with Gasteiger partial charge in [0.1, 0.15) is 5.75 Å². The van der Waals surface area contributed by atoms with Crippen molar-refractivity contribution in [2.45, 2.75) is 57.5 Å². The molecule has 1 saturated carbocycles. The van der Waals surface area contributed by atoms with Gasteiger partial charge < -0.3 is 14.8 Å². The van der Waals surface area contributed by atoms with Gasteiger partial charge in [-0.25, -0.2) is 9.59 Å². The molecule has 1 aliphatic carbocycles. The van der Waals surface area contributed by atoms with E-state index in [1.165, 1.54) is 6.92 Å². The van der Waals surface area contributed by atoms with E-state index in [4.69, 9.17) is 4.74 Å². The summed E-state index contributed by atoms with van der Waals surface area (Å²) in [6.45, 7) is 1.28. The van der Waals surface area contributed by atoms with Crippen LogP contribution in [0.2, 0.25) is 0 Å². The van der Waals surface area contributed by atoms with Crippen LogP contribution in [0.4, 0.5) is 18.0 Å². The molecule has 0 spiro atoms. The van der Waals surface area contributed by atoms with Crippen LogP contribution in [0.1, 0.15) is 49.4 Å². The van der Waals surface area contributed by atoms with Crippen molar-refractivity contribution < 1.29 is 37.0 Å². The normalized spacial score (nSPS) is 16.0. The molecule has 7 nitrogen and oxygen atoms in total. The highest BCUT2D eigenvalue weighted by molar-refractivity contribution is 5.98. The number of carbonyl (C=O) groups excluding carboxylic acids is 3. The largest absolute Gasteiger partial charge is 0.573 e. The number of halogens is 3. The van der Waals surface area contributed by atoms with E-state index in [-0.39, 0.29) is 11.6 Å². The van der Waals surface area contributed by atoms with E-state index < -0.39 is 36.1 Å². The van der Waals surface area contributed by atoms with Crippen LogP contribution in [0, 0.1) is 0 Å². The summed E-state index contributed by atoms with van der Waals surface area (Å²) in [7, 11) is 0. The minimum absolute atomic E-state index is 0.0110. The fraction of sp³-hybridized carbons (Fsp3) is 0.500. The third-order valence-electron chi connectivity index (χ3n) is 4.15. The molecule has 3 amide bonds. The number of amides is 3. The van der Waals surface area contributed by atoms with Gasteiger partial charge in [-0.3, -0.25) is 10.1 Å². The topological polar surface area (TPSA) is 93.7 Å². The summed E-state index contributed by atoms with van der Waals surface area (Å²) in [5, 5.41) is 4.80. The molecule has 1 atom stereocenters. The van der Waals surface area contributed by atoms with Crippen LogP contribution in [0.15, 0.2) is 24.3 Å². The number of benzene rings is 1. The lowest BCUT2D eigenvalue weighted by Crippen LogP contribution is -2.48. The highest BCUT2D eigenvalue weighted by Gasteiger charge is 2.31. The van der Waals surface area contributed by atoms with Gasteiger partial charge in [-0.05, 0) is 44.0 Å². The van der Waals surface area contributed by atoms with Crippen LogP contribution in [0.5, 0.6) is 5.75 Å². The minimum Gasteiger partial charge on any atom is -0.449 e. The Labute approximate surface area is 159 Å². The van der Waals surface area contributed by atoms with Gasteiger partial charge in [-0.2, -0.15) is 0 Å².